The molecule has 1 saturated heterocycles. The zero-order valence-electron chi connectivity index (χ0n) is 12.0. The summed E-state index contributed by atoms with van der Waals surface area (Å²) in [6.45, 7) is 5.21. The van der Waals surface area contributed by atoms with Gasteiger partial charge < -0.3 is 19.5 Å². The number of urea groups is 1. The molecule has 0 saturated carbocycles. The number of ether oxygens (including phenoxy) is 1. The van der Waals surface area contributed by atoms with E-state index in [4.69, 9.17) is 4.74 Å². The first kappa shape index (κ1) is 15.1. The maximum Gasteiger partial charge on any atom is 0.317 e. The highest BCUT2D eigenvalue weighted by Crippen LogP contribution is 2.14. The van der Waals surface area contributed by atoms with Crippen molar-refractivity contribution in [2.45, 2.75) is 18.5 Å². The zero-order chi connectivity index (χ0) is 14.4. The largest absolute Gasteiger partial charge is 0.378 e. The minimum atomic E-state index is -0.0291. The number of hydrogen-bond donors (Lipinski definition) is 1. The second-order valence-electron chi connectivity index (χ2n) is 4.47. The lowest BCUT2D eigenvalue weighted by atomic mass is 10.4. The monoisotopic (exact) mass is 299 g/mol. The van der Waals surface area contributed by atoms with E-state index in [0.29, 0.717) is 39.3 Å². The number of carbonyl (C=O) groups is 1. The average molecular weight is 299 g/mol. The number of carbonyl (C=O) groups excluding carboxylic acids is 1. The van der Waals surface area contributed by atoms with Crippen molar-refractivity contribution in [1.82, 2.24) is 25.0 Å². The van der Waals surface area contributed by atoms with E-state index < -0.39 is 0 Å². The molecule has 2 rings (SSSR count). The van der Waals surface area contributed by atoms with Gasteiger partial charge in [0.2, 0.25) is 0 Å². The van der Waals surface area contributed by atoms with Crippen molar-refractivity contribution in [2.75, 3.05) is 38.6 Å². The van der Waals surface area contributed by atoms with Crippen LogP contribution >= 0.6 is 11.8 Å². The van der Waals surface area contributed by atoms with Crippen LogP contribution in [-0.4, -0.2) is 64.3 Å². The molecule has 2 heterocycles. The third-order valence-electron chi connectivity index (χ3n) is 3.12. The molecule has 0 bridgehead atoms. The number of amides is 2. The zero-order valence-corrected chi connectivity index (χ0v) is 12.8. The summed E-state index contributed by atoms with van der Waals surface area (Å²) < 4.78 is 7.20. The van der Waals surface area contributed by atoms with Crippen LogP contribution in [-0.2, 0) is 18.2 Å². The lowest BCUT2D eigenvalue weighted by molar-refractivity contribution is 0.0532. The predicted octanol–water partition coefficient (Wildman–Crippen LogP) is 0.511. The third-order valence-corrected chi connectivity index (χ3v) is 4.02. The fraction of sp³-hybridized carbons (Fsp3) is 0.750. The highest BCUT2D eigenvalue weighted by atomic mass is 32.2. The average Bonchev–Trinajstić information content (AvgIpc) is 2.82. The standard InChI is InChI=1S/C12H21N5O2S/c1-3-20-12-15-14-10(16(12)2)4-5-13-11(18)17-6-8-19-9-7-17/h3-9H2,1-2H3,(H,13,18). The second kappa shape index (κ2) is 7.49. The van der Waals surface area contributed by atoms with Gasteiger partial charge in [0, 0.05) is 33.1 Å². The van der Waals surface area contributed by atoms with Gasteiger partial charge in [-0.05, 0) is 5.75 Å². The molecule has 8 heteroatoms. The summed E-state index contributed by atoms with van der Waals surface area (Å²) in [5.74, 6) is 1.86. The van der Waals surface area contributed by atoms with Gasteiger partial charge in [-0.2, -0.15) is 0 Å². The van der Waals surface area contributed by atoms with Gasteiger partial charge in [-0.15, -0.1) is 10.2 Å². The molecule has 2 amide bonds. The topological polar surface area (TPSA) is 72.3 Å². The first-order valence-electron chi connectivity index (χ1n) is 6.84. The molecular formula is C12H21N5O2S. The molecule has 0 unspecified atom stereocenters. The number of thioether (sulfide) groups is 1. The first-order valence-corrected chi connectivity index (χ1v) is 7.82. The fourth-order valence-corrected chi connectivity index (χ4v) is 2.63. The lowest BCUT2D eigenvalue weighted by Crippen LogP contribution is -2.46. The molecule has 20 heavy (non-hydrogen) atoms. The summed E-state index contributed by atoms with van der Waals surface area (Å²) in [6, 6.07) is -0.0291. The van der Waals surface area contributed by atoms with Crippen molar-refractivity contribution in [1.29, 1.82) is 0 Å². The van der Waals surface area contributed by atoms with Crippen molar-refractivity contribution < 1.29 is 9.53 Å². The van der Waals surface area contributed by atoms with Crippen molar-refractivity contribution in [3.05, 3.63) is 5.82 Å². The Balaban J connectivity index is 1.76. The molecule has 1 N–H and O–H groups in total. The molecule has 0 aliphatic carbocycles. The van der Waals surface area contributed by atoms with Crippen LogP contribution < -0.4 is 5.32 Å². The molecular weight excluding hydrogens is 278 g/mol. The highest BCUT2D eigenvalue weighted by molar-refractivity contribution is 7.99. The molecule has 112 valence electrons. The summed E-state index contributed by atoms with van der Waals surface area (Å²) in [6.07, 6.45) is 0.684. The molecule has 0 aromatic carbocycles. The van der Waals surface area contributed by atoms with Crippen LogP contribution in [0.5, 0.6) is 0 Å². The SMILES string of the molecule is CCSc1nnc(CCNC(=O)N2CCOCC2)n1C. The lowest BCUT2D eigenvalue weighted by Gasteiger charge is -2.26. The molecule has 0 spiro atoms. The maximum atomic E-state index is 11.9. The maximum absolute atomic E-state index is 11.9. The molecule has 1 aliphatic heterocycles. The van der Waals surface area contributed by atoms with Gasteiger partial charge in [-0.3, -0.25) is 0 Å². The van der Waals surface area contributed by atoms with Crippen LogP contribution in [0.25, 0.3) is 0 Å². The molecule has 1 aliphatic rings. The summed E-state index contributed by atoms with van der Waals surface area (Å²) in [5.41, 5.74) is 0. The Bertz CT molecular complexity index is 445. The Hall–Kier alpha value is -1.28. The second-order valence-corrected chi connectivity index (χ2v) is 5.70. The van der Waals surface area contributed by atoms with Crippen molar-refractivity contribution >= 4 is 17.8 Å². The molecule has 1 fully saturated rings. The Kier molecular flexibility index (Phi) is 5.66. The minimum Gasteiger partial charge on any atom is -0.378 e. The van der Waals surface area contributed by atoms with E-state index in [-0.39, 0.29) is 6.03 Å². The summed E-state index contributed by atoms with van der Waals surface area (Å²) in [5, 5.41) is 12.1. The number of aromatic nitrogens is 3. The van der Waals surface area contributed by atoms with Gasteiger partial charge in [0.25, 0.3) is 0 Å². The first-order chi connectivity index (χ1) is 9.72. The predicted molar refractivity (Wildman–Crippen MR) is 76.9 cm³/mol. The van der Waals surface area contributed by atoms with Gasteiger partial charge >= 0.3 is 6.03 Å². The van der Waals surface area contributed by atoms with Crippen LogP contribution in [0.1, 0.15) is 12.7 Å². The molecule has 0 atom stereocenters. The highest BCUT2D eigenvalue weighted by Gasteiger charge is 2.16. The molecule has 1 aromatic heterocycles. The molecule has 0 radical (unpaired) electrons. The minimum absolute atomic E-state index is 0.0291. The number of morpholine rings is 1. The van der Waals surface area contributed by atoms with E-state index in [1.54, 1.807) is 16.7 Å². The van der Waals surface area contributed by atoms with E-state index >= 15 is 0 Å². The molecule has 1 aromatic rings. The Labute approximate surface area is 123 Å². The van der Waals surface area contributed by atoms with Gasteiger partial charge in [-0.25, -0.2) is 4.79 Å². The van der Waals surface area contributed by atoms with Gasteiger partial charge in [0.15, 0.2) is 5.16 Å². The van der Waals surface area contributed by atoms with E-state index in [9.17, 15) is 4.79 Å². The van der Waals surface area contributed by atoms with Crippen LogP contribution in [0.3, 0.4) is 0 Å². The van der Waals surface area contributed by atoms with E-state index in [1.165, 1.54) is 0 Å². The van der Waals surface area contributed by atoms with E-state index in [2.05, 4.69) is 22.4 Å². The van der Waals surface area contributed by atoms with Crippen LogP contribution in [0.2, 0.25) is 0 Å². The van der Waals surface area contributed by atoms with Crippen molar-refractivity contribution in [3.8, 4) is 0 Å². The molecule has 7 nitrogen and oxygen atoms in total. The number of nitrogens with zero attached hydrogens (tertiary/aromatic N) is 4. The van der Waals surface area contributed by atoms with Crippen LogP contribution in [0.15, 0.2) is 5.16 Å². The Morgan fingerprint density at radius 3 is 2.85 bits per heavy atom. The third kappa shape index (κ3) is 3.86. The van der Waals surface area contributed by atoms with Crippen LogP contribution in [0, 0.1) is 0 Å². The summed E-state index contributed by atoms with van der Waals surface area (Å²) in [4.78, 5) is 13.7. The summed E-state index contributed by atoms with van der Waals surface area (Å²) >= 11 is 1.67. The van der Waals surface area contributed by atoms with Gasteiger partial charge in [0.1, 0.15) is 5.82 Å². The Morgan fingerprint density at radius 2 is 2.15 bits per heavy atom. The number of hydrogen-bond acceptors (Lipinski definition) is 5. The van der Waals surface area contributed by atoms with E-state index in [1.807, 2.05) is 11.6 Å². The Morgan fingerprint density at radius 1 is 1.40 bits per heavy atom. The smallest absolute Gasteiger partial charge is 0.317 e. The van der Waals surface area contributed by atoms with Gasteiger partial charge in [0.05, 0.1) is 13.2 Å². The summed E-state index contributed by atoms with van der Waals surface area (Å²) in [7, 11) is 1.96. The fourth-order valence-electron chi connectivity index (χ4n) is 1.98. The van der Waals surface area contributed by atoms with Gasteiger partial charge in [-0.1, -0.05) is 18.7 Å². The van der Waals surface area contributed by atoms with E-state index in [0.717, 1.165) is 16.7 Å². The number of rotatable bonds is 5. The van der Waals surface area contributed by atoms with Crippen molar-refractivity contribution in [2.24, 2.45) is 7.05 Å². The van der Waals surface area contributed by atoms with Crippen LogP contribution in [0.4, 0.5) is 4.79 Å². The normalized spacial score (nSPS) is 15.4. The number of nitrogens with one attached hydrogen (secondary N) is 1. The van der Waals surface area contributed by atoms with Crippen molar-refractivity contribution in [3.63, 3.8) is 0 Å². The quantitative estimate of drug-likeness (QED) is 0.802.